The second kappa shape index (κ2) is 4.46. The molecule has 1 aliphatic rings. The minimum Gasteiger partial charge on any atom is -0.493 e. The fourth-order valence-corrected chi connectivity index (χ4v) is 1.93. The molecule has 6 heteroatoms. The zero-order valence-electron chi connectivity index (χ0n) is 8.79. The molecule has 1 aromatic rings. The van der Waals surface area contributed by atoms with Crippen LogP contribution in [0.3, 0.4) is 0 Å². The summed E-state index contributed by atoms with van der Waals surface area (Å²) in [6.45, 7) is 0.209. The molecular formula is C11H9ClF2N2O. The molecule has 90 valence electrons. The Morgan fingerprint density at radius 3 is 2.82 bits per heavy atom. The van der Waals surface area contributed by atoms with Gasteiger partial charge in [-0.25, -0.2) is 13.8 Å². The molecule has 0 aromatic carbocycles. The summed E-state index contributed by atoms with van der Waals surface area (Å²) in [5.74, 6) is -2.29. The second-order valence-electron chi connectivity index (χ2n) is 4.06. The first-order chi connectivity index (χ1) is 7.98. The maximum absolute atomic E-state index is 12.6. The molecule has 0 spiro atoms. The van der Waals surface area contributed by atoms with Gasteiger partial charge in [0.1, 0.15) is 22.7 Å². The average molecular weight is 259 g/mol. The zero-order valence-corrected chi connectivity index (χ0v) is 9.55. The smallest absolute Gasteiger partial charge is 0.248 e. The van der Waals surface area contributed by atoms with Crippen LogP contribution < -0.4 is 4.74 Å². The van der Waals surface area contributed by atoms with Crippen molar-refractivity contribution >= 4 is 11.6 Å². The molecule has 0 N–H and O–H groups in total. The van der Waals surface area contributed by atoms with Gasteiger partial charge in [0.25, 0.3) is 0 Å². The van der Waals surface area contributed by atoms with Crippen LogP contribution in [0, 0.1) is 17.2 Å². The molecule has 2 rings (SSSR count). The van der Waals surface area contributed by atoms with Gasteiger partial charge in [-0.1, -0.05) is 11.6 Å². The summed E-state index contributed by atoms with van der Waals surface area (Å²) in [6.07, 6.45) is -0.284. The molecule has 0 saturated heterocycles. The normalized spacial score (nSPS) is 18.2. The fourth-order valence-electron chi connectivity index (χ4n) is 1.73. The number of hydrogen-bond acceptors (Lipinski definition) is 3. The SMILES string of the molecule is N#Cc1cc(OCC2CC(F)(F)C2)cc(Cl)n1. The summed E-state index contributed by atoms with van der Waals surface area (Å²) in [6, 6.07) is 4.73. The molecule has 0 atom stereocenters. The van der Waals surface area contributed by atoms with Gasteiger partial charge in [0, 0.05) is 30.9 Å². The van der Waals surface area contributed by atoms with Gasteiger partial charge < -0.3 is 4.74 Å². The number of nitrogens with zero attached hydrogens (tertiary/aromatic N) is 2. The number of aromatic nitrogens is 1. The van der Waals surface area contributed by atoms with Crippen molar-refractivity contribution in [2.75, 3.05) is 6.61 Å². The van der Waals surface area contributed by atoms with E-state index in [1.807, 2.05) is 6.07 Å². The molecule has 3 nitrogen and oxygen atoms in total. The molecule has 17 heavy (non-hydrogen) atoms. The average Bonchev–Trinajstić information content (AvgIpc) is 2.22. The lowest BCUT2D eigenvalue weighted by Crippen LogP contribution is -2.38. The van der Waals surface area contributed by atoms with Gasteiger partial charge in [-0.2, -0.15) is 5.26 Å². The number of halogens is 3. The fraction of sp³-hybridized carbons (Fsp3) is 0.455. The minimum atomic E-state index is -2.54. The molecule has 0 aliphatic heterocycles. The van der Waals surface area contributed by atoms with Crippen molar-refractivity contribution in [3.05, 3.63) is 23.0 Å². The highest BCUT2D eigenvalue weighted by molar-refractivity contribution is 6.29. The van der Waals surface area contributed by atoms with E-state index in [4.69, 9.17) is 21.6 Å². The summed E-state index contributed by atoms with van der Waals surface area (Å²) >= 11 is 5.68. The van der Waals surface area contributed by atoms with Crippen LogP contribution in [-0.2, 0) is 0 Å². The quantitative estimate of drug-likeness (QED) is 0.783. The Morgan fingerprint density at radius 1 is 1.53 bits per heavy atom. The summed E-state index contributed by atoms with van der Waals surface area (Å²) in [5, 5.41) is 8.81. The second-order valence-corrected chi connectivity index (χ2v) is 4.45. The number of nitriles is 1. The Kier molecular flexibility index (Phi) is 3.16. The number of pyridine rings is 1. The standard InChI is InChI=1S/C11H9ClF2N2O/c12-10-2-9(1-8(5-15)16-10)17-6-7-3-11(13,14)4-7/h1-2,7H,3-4,6H2. The first-order valence-corrected chi connectivity index (χ1v) is 5.45. The molecule has 0 radical (unpaired) electrons. The molecule has 1 saturated carbocycles. The van der Waals surface area contributed by atoms with Crippen LogP contribution in [0.25, 0.3) is 0 Å². The third-order valence-electron chi connectivity index (χ3n) is 2.54. The van der Waals surface area contributed by atoms with Crippen LogP contribution >= 0.6 is 11.6 Å². The van der Waals surface area contributed by atoms with Crippen LogP contribution in [0.15, 0.2) is 12.1 Å². The van der Waals surface area contributed by atoms with Gasteiger partial charge in [-0.3, -0.25) is 0 Å². The molecule has 1 aliphatic carbocycles. The summed E-state index contributed by atoms with van der Waals surface area (Å²) in [7, 11) is 0. The third kappa shape index (κ3) is 3.04. The van der Waals surface area contributed by atoms with Crippen molar-refractivity contribution in [2.24, 2.45) is 5.92 Å². The first kappa shape index (κ1) is 12.1. The number of hydrogen-bond donors (Lipinski definition) is 0. The van der Waals surface area contributed by atoms with Gasteiger partial charge in [-0.15, -0.1) is 0 Å². The number of rotatable bonds is 3. The van der Waals surface area contributed by atoms with Crippen molar-refractivity contribution in [3.63, 3.8) is 0 Å². The Hall–Kier alpha value is -1.41. The highest BCUT2D eigenvalue weighted by Crippen LogP contribution is 2.42. The maximum atomic E-state index is 12.6. The lowest BCUT2D eigenvalue weighted by molar-refractivity contribution is -0.119. The highest BCUT2D eigenvalue weighted by Gasteiger charge is 2.45. The summed E-state index contributed by atoms with van der Waals surface area (Å²) in [5.41, 5.74) is 0.145. The zero-order chi connectivity index (χ0) is 12.5. The third-order valence-corrected chi connectivity index (χ3v) is 2.74. The van der Waals surface area contributed by atoms with Crippen molar-refractivity contribution < 1.29 is 13.5 Å². The molecule has 1 heterocycles. The first-order valence-electron chi connectivity index (χ1n) is 5.07. The highest BCUT2D eigenvalue weighted by atomic mass is 35.5. The van der Waals surface area contributed by atoms with E-state index in [0.29, 0.717) is 5.75 Å². The van der Waals surface area contributed by atoms with E-state index in [0.717, 1.165) is 0 Å². The van der Waals surface area contributed by atoms with E-state index in [1.54, 1.807) is 0 Å². The van der Waals surface area contributed by atoms with Crippen molar-refractivity contribution in [2.45, 2.75) is 18.8 Å². The Labute approximate surface area is 102 Å². The van der Waals surface area contributed by atoms with Crippen LogP contribution in [0.2, 0.25) is 5.15 Å². The molecule has 0 bridgehead atoms. The predicted molar refractivity (Wildman–Crippen MR) is 57.1 cm³/mol. The molecule has 0 unspecified atom stereocenters. The molecular weight excluding hydrogens is 250 g/mol. The Balaban J connectivity index is 1.92. The predicted octanol–water partition coefficient (Wildman–Crippen LogP) is 3.03. The summed E-state index contributed by atoms with van der Waals surface area (Å²) < 4.78 is 30.5. The van der Waals surface area contributed by atoms with Crippen LogP contribution in [0.1, 0.15) is 18.5 Å². The van der Waals surface area contributed by atoms with E-state index in [-0.39, 0.29) is 36.2 Å². The maximum Gasteiger partial charge on any atom is 0.248 e. The number of alkyl halides is 2. The lowest BCUT2D eigenvalue weighted by Gasteiger charge is -2.34. The van der Waals surface area contributed by atoms with E-state index in [2.05, 4.69) is 4.98 Å². The van der Waals surface area contributed by atoms with Crippen LogP contribution in [0.4, 0.5) is 8.78 Å². The molecule has 1 fully saturated rings. The van der Waals surface area contributed by atoms with E-state index in [1.165, 1.54) is 12.1 Å². The van der Waals surface area contributed by atoms with Crippen LogP contribution in [0.5, 0.6) is 5.75 Å². The van der Waals surface area contributed by atoms with Gasteiger partial charge in [-0.05, 0) is 0 Å². The van der Waals surface area contributed by atoms with Crippen molar-refractivity contribution in [1.29, 1.82) is 5.26 Å². The molecule has 1 aromatic heterocycles. The van der Waals surface area contributed by atoms with E-state index >= 15 is 0 Å². The summed E-state index contributed by atoms with van der Waals surface area (Å²) in [4.78, 5) is 3.74. The Bertz CT molecular complexity index is 465. The lowest BCUT2D eigenvalue weighted by atomic mass is 9.82. The van der Waals surface area contributed by atoms with Gasteiger partial charge in [0.05, 0.1) is 6.61 Å². The van der Waals surface area contributed by atoms with Crippen LogP contribution in [-0.4, -0.2) is 17.5 Å². The van der Waals surface area contributed by atoms with Gasteiger partial charge in [0.15, 0.2) is 0 Å². The number of ether oxygens (including phenoxy) is 1. The largest absolute Gasteiger partial charge is 0.493 e. The Morgan fingerprint density at radius 2 is 2.24 bits per heavy atom. The molecule has 0 amide bonds. The minimum absolute atomic E-state index is 0.137. The van der Waals surface area contributed by atoms with Gasteiger partial charge >= 0.3 is 0 Å². The van der Waals surface area contributed by atoms with E-state index in [9.17, 15) is 8.78 Å². The van der Waals surface area contributed by atoms with E-state index < -0.39 is 5.92 Å². The van der Waals surface area contributed by atoms with Crippen molar-refractivity contribution in [3.8, 4) is 11.8 Å². The monoisotopic (exact) mass is 258 g/mol. The van der Waals surface area contributed by atoms with Gasteiger partial charge in [0.2, 0.25) is 5.92 Å². The topological polar surface area (TPSA) is 45.9 Å². The van der Waals surface area contributed by atoms with Crippen molar-refractivity contribution in [1.82, 2.24) is 4.98 Å².